The van der Waals surface area contributed by atoms with Crippen molar-refractivity contribution in [2.75, 3.05) is 19.8 Å². The van der Waals surface area contributed by atoms with Crippen LogP contribution >= 0.6 is 0 Å². The van der Waals surface area contributed by atoms with E-state index in [2.05, 4.69) is 24.8 Å². The molecule has 0 heterocycles. The highest BCUT2D eigenvalue weighted by molar-refractivity contribution is 5.20. The van der Waals surface area contributed by atoms with Crippen LogP contribution in [0.1, 0.15) is 13.8 Å². The second-order valence-corrected chi connectivity index (χ2v) is 2.81. The molecule has 0 saturated carbocycles. The zero-order valence-electron chi connectivity index (χ0n) is 8.29. The molecule has 0 bridgehead atoms. The summed E-state index contributed by atoms with van der Waals surface area (Å²) in [5.41, 5.74) is 0. The Bertz CT molecular complexity index is 219. The number of benzene rings is 1. The van der Waals surface area contributed by atoms with E-state index >= 15 is 0 Å². The Morgan fingerprint density at radius 2 is 1.85 bits per heavy atom. The number of ether oxygens (including phenoxy) is 1. The van der Waals surface area contributed by atoms with Gasteiger partial charge in [-0.3, -0.25) is 4.90 Å². The molecule has 0 spiro atoms. The fourth-order valence-electron chi connectivity index (χ4n) is 1.04. The first-order valence-electron chi connectivity index (χ1n) is 4.68. The van der Waals surface area contributed by atoms with Crippen LogP contribution in [0, 0.1) is 6.07 Å². The number of nitrogens with zero attached hydrogens (tertiary/aromatic N) is 1. The van der Waals surface area contributed by atoms with E-state index in [1.165, 1.54) is 0 Å². The molecule has 2 nitrogen and oxygen atoms in total. The van der Waals surface area contributed by atoms with Gasteiger partial charge in [-0.1, -0.05) is 26.0 Å². The summed E-state index contributed by atoms with van der Waals surface area (Å²) in [6.45, 7) is 6.97. The molecule has 13 heavy (non-hydrogen) atoms. The molecule has 1 aromatic carbocycles. The Hall–Kier alpha value is -1.02. The zero-order chi connectivity index (χ0) is 9.52. The molecule has 0 N–H and O–H groups in total. The molecule has 0 unspecified atom stereocenters. The zero-order valence-corrected chi connectivity index (χ0v) is 8.29. The van der Waals surface area contributed by atoms with Crippen molar-refractivity contribution < 1.29 is 4.74 Å². The lowest BCUT2D eigenvalue weighted by atomic mass is 10.3. The van der Waals surface area contributed by atoms with Crippen molar-refractivity contribution in [2.24, 2.45) is 0 Å². The van der Waals surface area contributed by atoms with E-state index < -0.39 is 0 Å². The van der Waals surface area contributed by atoms with Crippen LogP contribution in [0.3, 0.4) is 0 Å². The van der Waals surface area contributed by atoms with Gasteiger partial charge < -0.3 is 4.74 Å². The van der Waals surface area contributed by atoms with Crippen molar-refractivity contribution in [1.82, 2.24) is 4.90 Å². The third-order valence-electron chi connectivity index (χ3n) is 2.00. The molecule has 2 heteroatoms. The molecule has 0 fully saturated rings. The van der Waals surface area contributed by atoms with Crippen LogP contribution in [-0.2, 0) is 0 Å². The standard InChI is InChI=1S/C11H16NO/c1-3-12(4-2)10-13-11-8-6-5-7-9-11/h6-9H,3-4,10H2,1-2H3. The van der Waals surface area contributed by atoms with Crippen LogP contribution < -0.4 is 4.74 Å². The molecular weight excluding hydrogens is 162 g/mol. The number of hydrogen-bond acceptors (Lipinski definition) is 2. The average molecular weight is 178 g/mol. The van der Waals surface area contributed by atoms with E-state index in [9.17, 15) is 0 Å². The number of rotatable bonds is 5. The lowest BCUT2D eigenvalue weighted by molar-refractivity contribution is 0.137. The van der Waals surface area contributed by atoms with Gasteiger partial charge in [0, 0.05) is 0 Å². The Morgan fingerprint density at radius 1 is 1.23 bits per heavy atom. The van der Waals surface area contributed by atoms with Gasteiger partial charge in [-0.25, -0.2) is 0 Å². The monoisotopic (exact) mass is 178 g/mol. The Morgan fingerprint density at radius 3 is 2.38 bits per heavy atom. The first kappa shape index (κ1) is 10.1. The molecule has 0 aliphatic rings. The summed E-state index contributed by atoms with van der Waals surface area (Å²) in [5.74, 6) is 0.908. The maximum atomic E-state index is 5.56. The third-order valence-corrected chi connectivity index (χ3v) is 2.00. The summed E-state index contributed by atoms with van der Waals surface area (Å²) in [6.07, 6.45) is 0. The first-order valence-corrected chi connectivity index (χ1v) is 4.68. The van der Waals surface area contributed by atoms with E-state index in [0.29, 0.717) is 6.73 Å². The largest absolute Gasteiger partial charge is 0.478 e. The highest BCUT2D eigenvalue weighted by Gasteiger charge is 1.98. The topological polar surface area (TPSA) is 12.5 Å². The van der Waals surface area contributed by atoms with Gasteiger partial charge >= 0.3 is 0 Å². The van der Waals surface area contributed by atoms with Gasteiger partial charge in [0.1, 0.15) is 12.5 Å². The quantitative estimate of drug-likeness (QED) is 0.641. The fourth-order valence-corrected chi connectivity index (χ4v) is 1.04. The second kappa shape index (κ2) is 5.60. The second-order valence-electron chi connectivity index (χ2n) is 2.81. The van der Waals surface area contributed by atoms with Gasteiger partial charge in [0.15, 0.2) is 0 Å². The molecule has 0 saturated heterocycles. The summed E-state index contributed by atoms with van der Waals surface area (Å²) >= 11 is 0. The van der Waals surface area contributed by atoms with Crippen molar-refractivity contribution in [3.8, 4) is 5.75 Å². The summed E-state index contributed by atoms with van der Waals surface area (Å²) in [6, 6.07) is 10.5. The summed E-state index contributed by atoms with van der Waals surface area (Å²) in [5, 5.41) is 0. The van der Waals surface area contributed by atoms with Crippen LogP contribution in [0.25, 0.3) is 0 Å². The van der Waals surface area contributed by atoms with Crippen LogP contribution in [0.5, 0.6) is 5.75 Å². The normalized spacial score (nSPS) is 10.4. The van der Waals surface area contributed by atoms with Crippen LogP contribution in [0.15, 0.2) is 24.3 Å². The van der Waals surface area contributed by atoms with E-state index in [1.54, 1.807) is 0 Å². The molecule has 1 rings (SSSR count). The van der Waals surface area contributed by atoms with E-state index in [1.807, 2.05) is 24.3 Å². The van der Waals surface area contributed by atoms with Crippen molar-refractivity contribution in [2.45, 2.75) is 13.8 Å². The molecule has 0 aliphatic heterocycles. The molecule has 1 radical (unpaired) electrons. The van der Waals surface area contributed by atoms with E-state index in [4.69, 9.17) is 4.74 Å². The fraction of sp³-hybridized carbons (Fsp3) is 0.455. The van der Waals surface area contributed by atoms with Crippen LogP contribution in [-0.4, -0.2) is 24.7 Å². The predicted molar refractivity (Wildman–Crippen MR) is 53.7 cm³/mol. The van der Waals surface area contributed by atoms with Gasteiger partial charge in [0.25, 0.3) is 0 Å². The molecule has 0 atom stereocenters. The van der Waals surface area contributed by atoms with Crippen LogP contribution in [0.2, 0.25) is 0 Å². The minimum atomic E-state index is 0.664. The molecule has 1 aromatic rings. The van der Waals surface area contributed by atoms with Crippen molar-refractivity contribution >= 4 is 0 Å². The van der Waals surface area contributed by atoms with Gasteiger partial charge in [0.2, 0.25) is 0 Å². The molecule has 71 valence electrons. The minimum absolute atomic E-state index is 0.664. The highest BCUT2D eigenvalue weighted by atomic mass is 16.5. The van der Waals surface area contributed by atoms with Crippen LogP contribution in [0.4, 0.5) is 0 Å². The predicted octanol–water partition coefficient (Wildman–Crippen LogP) is 2.16. The third kappa shape index (κ3) is 3.47. The van der Waals surface area contributed by atoms with Gasteiger partial charge in [-0.05, 0) is 31.3 Å². The van der Waals surface area contributed by atoms with Gasteiger partial charge in [-0.15, -0.1) is 0 Å². The van der Waals surface area contributed by atoms with Crippen molar-refractivity contribution in [1.29, 1.82) is 0 Å². The van der Waals surface area contributed by atoms with Gasteiger partial charge in [0.05, 0.1) is 0 Å². The summed E-state index contributed by atoms with van der Waals surface area (Å²) in [7, 11) is 0. The Kier molecular flexibility index (Phi) is 4.33. The Labute approximate surface area is 80.1 Å². The SMILES string of the molecule is CCN(CC)COc1cc[c]cc1. The van der Waals surface area contributed by atoms with Gasteiger partial charge in [-0.2, -0.15) is 0 Å². The summed E-state index contributed by atoms with van der Waals surface area (Å²) < 4.78 is 5.56. The smallest absolute Gasteiger partial charge is 0.142 e. The lowest BCUT2D eigenvalue weighted by Gasteiger charge is -2.18. The van der Waals surface area contributed by atoms with E-state index in [0.717, 1.165) is 18.8 Å². The number of hydrogen-bond donors (Lipinski definition) is 0. The highest BCUT2D eigenvalue weighted by Crippen LogP contribution is 2.07. The molecular formula is C11H16NO. The van der Waals surface area contributed by atoms with Crippen molar-refractivity contribution in [3.05, 3.63) is 30.3 Å². The first-order chi connectivity index (χ1) is 6.36. The molecule has 0 aromatic heterocycles. The lowest BCUT2D eigenvalue weighted by Crippen LogP contribution is -2.27. The minimum Gasteiger partial charge on any atom is -0.478 e. The van der Waals surface area contributed by atoms with Crippen molar-refractivity contribution in [3.63, 3.8) is 0 Å². The van der Waals surface area contributed by atoms with E-state index in [-0.39, 0.29) is 0 Å². The molecule has 0 amide bonds. The Balaban J connectivity index is 2.34. The maximum absolute atomic E-state index is 5.56. The average Bonchev–Trinajstić information content (AvgIpc) is 2.21. The maximum Gasteiger partial charge on any atom is 0.142 e. The molecule has 0 aliphatic carbocycles. The summed E-state index contributed by atoms with van der Waals surface area (Å²) in [4.78, 5) is 2.22.